The lowest BCUT2D eigenvalue weighted by atomic mass is 10.2. The minimum Gasteiger partial charge on any atom is -0.459 e. The van der Waals surface area contributed by atoms with Gasteiger partial charge in [0.2, 0.25) is 0 Å². The number of thiazole rings is 1. The SMILES string of the molecule is Cc1ccc(-c2nc(C(=O)NC[C@H](C)N3CCN(c4ccccc4)CC3)cs2)o1. The van der Waals surface area contributed by atoms with E-state index >= 15 is 0 Å². The number of furan rings is 1. The van der Waals surface area contributed by atoms with E-state index in [0.29, 0.717) is 18.0 Å². The van der Waals surface area contributed by atoms with Crippen LogP contribution in [0.25, 0.3) is 10.8 Å². The lowest BCUT2D eigenvalue weighted by molar-refractivity contribution is 0.0930. The monoisotopic (exact) mass is 410 g/mol. The van der Waals surface area contributed by atoms with E-state index in [0.717, 1.165) is 36.9 Å². The molecule has 3 aromatic rings. The molecule has 1 saturated heterocycles. The van der Waals surface area contributed by atoms with Crippen LogP contribution in [0, 0.1) is 6.92 Å². The highest BCUT2D eigenvalue weighted by atomic mass is 32.1. The second-order valence-corrected chi connectivity index (χ2v) is 8.22. The molecule has 1 fully saturated rings. The maximum atomic E-state index is 12.5. The molecule has 1 aromatic carbocycles. The molecule has 6 nitrogen and oxygen atoms in total. The van der Waals surface area contributed by atoms with Gasteiger partial charge in [0.05, 0.1) is 0 Å². The molecule has 4 rings (SSSR count). The van der Waals surface area contributed by atoms with Crippen LogP contribution < -0.4 is 10.2 Å². The Bertz CT molecular complexity index is 945. The van der Waals surface area contributed by atoms with E-state index in [9.17, 15) is 4.79 Å². The predicted octanol–water partition coefficient (Wildman–Crippen LogP) is 3.65. The summed E-state index contributed by atoms with van der Waals surface area (Å²) in [7, 11) is 0. The number of aryl methyl sites for hydroxylation is 1. The van der Waals surface area contributed by atoms with Crippen molar-refractivity contribution in [3.05, 3.63) is 59.3 Å². The Labute approximate surface area is 175 Å². The molecule has 7 heteroatoms. The first-order valence-corrected chi connectivity index (χ1v) is 10.8. The zero-order chi connectivity index (χ0) is 20.2. The molecule has 0 unspecified atom stereocenters. The Kier molecular flexibility index (Phi) is 5.97. The average Bonchev–Trinajstić information content (AvgIpc) is 3.42. The van der Waals surface area contributed by atoms with E-state index in [1.165, 1.54) is 17.0 Å². The third-order valence-electron chi connectivity index (χ3n) is 5.30. The Morgan fingerprint density at radius 3 is 2.62 bits per heavy atom. The van der Waals surface area contributed by atoms with Gasteiger partial charge >= 0.3 is 0 Å². The van der Waals surface area contributed by atoms with Crippen molar-refractivity contribution in [2.75, 3.05) is 37.6 Å². The van der Waals surface area contributed by atoms with Crippen LogP contribution in [-0.4, -0.2) is 54.6 Å². The van der Waals surface area contributed by atoms with E-state index in [1.54, 1.807) is 5.38 Å². The number of rotatable bonds is 6. The number of amides is 1. The first-order valence-electron chi connectivity index (χ1n) is 9.95. The van der Waals surface area contributed by atoms with Crippen LogP contribution in [0.3, 0.4) is 0 Å². The molecule has 1 N–H and O–H groups in total. The Hall–Kier alpha value is -2.64. The molecule has 29 heavy (non-hydrogen) atoms. The van der Waals surface area contributed by atoms with Gasteiger partial charge in [-0.2, -0.15) is 0 Å². The van der Waals surface area contributed by atoms with Gasteiger partial charge in [0.15, 0.2) is 10.8 Å². The van der Waals surface area contributed by atoms with Crippen LogP contribution in [0.4, 0.5) is 5.69 Å². The summed E-state index contributed by atoms with van der Waals surface area (Å²) in [5, 5.41) is 5.54. The average molecular weight is 411 g/mol. The highest BCUT2D eigenvalue weighted by molar-refractivity contribution is 7.13. The quantitative estimate of drug-likeness (QED) is 0.672. The molecular weight excluding hydrogens is 384 g/mol. The number of benzene rings is 1. The second-order valence-electron chi connectivity index (χ2n) is 7.37. The molecule has 0 radical (unpaired) electrons. The van der Waals surface area contributed by atoms with Crippen LogP contribution in [0.2, 0.25) is 0 Å². The summed E-state index contributed by atoms with van der Waals surface area (Å²) in [6.45, 7) is 8.65. The fourth-order valence-electron chi connectivity index (χ4n) is 3.56. The van der Waals surface area contributed by atoms with Crippen LogP contribution >= 0.6 is 11.3 Å². The number of hydrogen-bond donors (Lipinski definition) is 1. The number of nitrogens with zero attached hydrogens (tertiary/aromatic N) is 3. The Balaban J connectivity index is 1.26. The largest absolute Gasteiger partial charge is 0.459 e. The molecule has 0 aliphatic carbocycles. The maximum absolute atomic E-state index is 12.5. The number of carbonyl (C=O) groups is 1. The number of para-hydroxylation sites is 1. The van der Waals surface area contributed by atoms with Gasteiger partial charge in [-0.3, -0.25) is 9.69 Å². The Morgan fingerprint density at radius 1 is 1.17 bits per heavy atom. The van der Waals surface area contributed by atoms with Gasteiger partial charge in [0, 0.05) is 49.8 Å². The minimum absolute atomic E-state index is 0.134. The minimum atomic E-state index is -0.134. The van der Waals surface area contributed by atoms with Crippen molar-refractivity contribution in [3.8, 4) is 10.8 Å². The van der Waals surface area contributed by atoms with Gasteiger partial charge in [0.1, 0.15) is 11.5 Å². The van der Waals surface area contributed by atoms with Crippen LogP contribution in [0.15, 0.2) is 52.3 Å². The summed E-state index contributed by atoms with van der Waals surface area (Å²) in [5.74, 6) is 1.41. The zero-order valence-electron chi connectivity index (χ0n) is 16.8. The maximum Gasteiger partial charge on any atom is 0.270 e. The zero-order valence-corrected chi connectivity index (χ0v) is 17.6. The van der Waals surface area contributed by atoms with Gasteiger partial charge in [-0.25, -0.2) is 4.98 Å². The van der Waals surface area contributed by atoms with E-state index < -0.39 is 0 Å². The van der Waals surface area contributed by atoms with Crippen LogP contribution in [-0.2, 0) is 0 Å². The standard InChI is InChI=1S/C22H26N4O2S/c1-16(25-10-12-26(13-11-25)18-6-4-3-5-7-18)14-23-21(27)19-15-29-22(24-19)20-9-8-17(2)28-20/h3-9,15-16H,10-14H2,1-2H3,(H,23,27)/t16-/m0/s1. The van der Waals surface area contributed by atoms with Crippen molar-refractivity contribution in [2.24, 2.45) is 0 Å². The lowest BCUT2D eigenvalue weighted by Crippen LogP contribution is -2.52. The van der Waals surface area contributed by atoms with Gasteiger partial charge in [0.25, 0.3) is 5.91 Å². The normalized spacial score (nSPS) is 16.0. The number of nitrogens with one attached hydrogen (secondary N) is 1. The van der Waals surface area contributed by atoms with Crippen molar-refractivity contribution in [1.29, 1.82) is 0 Å². The molecule has 1 amide bonds. The van der Waals surface area contributed by atoms with E-state index in [1.807, 2.05) is 25.1 Å². The van der Waals surface area contributed by atoms with E-state index in [4.69, 9.17) is 4.42 Å². The fraction of sp³-hybridized carbons (Fsp3) is 0.364. The topological polar surface area (TPSA) is 61.6 Å². The number of carbonyl (C=O) groups excluding carboxylic acids is 1. The second kappa shape index (κ2) is 8.80. The summed E-state index contributed by atoms with van der Waals surface area (Å²) in [6, 6.07) is 14.6. The molecule has 0 spiro atoms. The van der Waals surface area contributed by atoms with Crippen LogP contribution in [0.1, 0.15) is 23.2 Å². The molecule has 1 atom stereocenters. The molecule has 152 valence electrons. The number of anilines is 1. The summed E-state index contributed by atoms with van der Waals surface area (Å²) in [5.41, 5.74) is 1.72. The highest BCUT2D eigenvalue weighted by Gasteiger charge is 2.22. The third-order valence-corrected chi connectivity index (χ3v) is 6.16. The molecule has 0 saturated carbocycles. The summed E-state index contributed by atoms with van der Waals surface area (Å²) in [6.07, 6.45) is 0. The van der Waals surface area contributed by atoms with E-state index in [-0.39, 0.29) is 11.9 Å². The number of aromatic nitrogens is 1. The van der Waals surface area contributed by atoms with E-state index in [2.05, 4.69) is 51.3 Å². The third kappa shape index (κ3) is 4.68. The molecule has 2 aromatic heterocycles. The number of hydrogen-bond acceptors (Lipinski definition) is 6. The lowest BCUT2D eigenvalue weighted by Gasteiger charge is -2.39. The molecule has 1 aliphatic heterocycles. The van der Waals surface area contributed by atoms with Gasteiger partial charge in [-0.05, 0) is 38.1 Å². The van der Waals surface area contributed by atoms with Crippen molar-refractivity contribution in [2.45, 2.75) is 19.9 Å². The summed E-state index contributed by atoms with van der Waals surface area (Å²) >= 11 is 1.42. The molecule has 0 bridgehead atoms. The Morgan fingerprint density at radius 2 is 1.93 bits per heavy atom. The van der Waals surface area contributed by atoms with Gasteiger partial charge in [-0.15, -0.1) is 11.3 Å². The highest BCUT2D eigenvalue weighted by Crippen LogP contribution is 2.25. The number of piperazine rings is 1. The molecule has 1 aliphatic rings. The van der Waals surface area contributed by atoms with Gasteiger partial charge < -0.3 is 14.6 Å². The fourth-order valence-corrected chi connectivity index (χ4v) is 4.32. The van der Waals surface area contributed by atoms with Gasteiger partial charge in [-0.1, -0.05) is 18.2 Å². The van der Waals surface area contributed by atoms with Crippen molar-refractivity contribution >= 4 is 22.9 Å². The van der Waals surface area contributed by atoms with Crippen LogP contribution in [0.5, 0.6) is 0 Å². The first kappa shape index (κ1) is 19.7. The first-order chi connectivity index (χ1) is 14.1. The van der Waals surface area contributed by atoms with Crippen molar-refractivity contribution in [3.63, 3.8) is 0 Å². The molecule has 3 heterocycles. The van der Waals surface area contributed by atoms with Crippen molar-refractivity contribution < 1.29 is 9.21 Å². The summed E-state index contributed by atoms with van der Waals surface area (Å²) in [4.78, 5) is 21.8. The molecular formula is C22H26N4O2S. The smallest absolute Gasteiger partial charge is 0.270 e. The van der Waals surface area contributed by atoms with Crippen molar-refractivity contribution in [1.82, 2.24) is 15.2 Å². The summed E-state index contributed by atoms with van der Waals surface area (Å²) < 4.78 is 5.59. The predicted molar refractivity (Wildman–Crippen MR) is 117 cm³/mol.